The number of pyridine rings is 1. The molecule has 0 radical (unpaired) electrons. The van der Waals surface area contributed by atoms with Gasteiger partial charge in [-0.1, -0.05) is 0 Å². The van der Waals surface area contributed by atoms with Crippen LogP contribution in [0.1, 0.15) is 47.1 Å². The molecule has 4 heterocycles. The van der Waals surface area contributed by atoms with Gasteiger partial charge in [-0.25, -0.2) is 9.78 Å². The van der Waals surface area contributed by atoms with Crippen LogP contribution in [0.2, 0.25) is 0 Å². The van der Waals surface area contributed by atoms with Gasteiger partial charge in [0.25, 0.3) is 11.5 Å². The number of H-pyrrole nitrogens is 1. The number of alkyl halides is 3. The van der Waals surface area contributed by atoms with Crippen molar-refractivity contribution >= 4 is 16.9 Å². The lowest BCUT2D eigenvalue weighted by Gasteiger charge is -2.35. The third kappa shape index (κ3) is 3.41. The quantitative estimate of drug-likeness (QED) is 0.659. The number of nitrogens with zero attached hydrogens (tertiary/aromatic N) is 5. The second-order valence-electron chi connectivity index (χ2n) is 7.48. The summed E-state index contributed by atoms with van der Waals surface area (Å²) in [4.78, 5) is 43.5. The molecule has 4 rings (SSSR count). The van der Waals surface area contributed by atoms with Crippen LogP contribution in [0.3, 0.4) is 0 Å². The summed E-state index contributed by atoms with van der Waals surface area (Å²) in [5.74, 6) is -0.407. The van der Waals surface area contributed by atoms with Gasteiger partial charge in [0, 0.05) is 26.8 Å². The molecule has 1 N–H and O–H groups in total. The van der Waals surface area contributed by atoms with E-state index in [1.807, 2.05) is 0 Å². The van der Waals surface area contributed by atoms with E-state index < -0.39 is 40.3 Å². The SMILES string of the molecule is Cn1c(=O)c2c(C(F)(F)F)cc([C@H]3CCCCN3C(=O)c3ccn[nH]3)nc2n(C)c1=O. The predicted molar refractivity (Wildman–Crippen MR) is 103 cm³/mol. The van der Waals surface area contributed by atoms with E-state index in [1.165, 1.54) is 24.2 Å². The van der Waals surface area contributed by atoms with E-state index >= 15 is 0 Å². The first-order valence-electron chi connectivity index (χ1n) is 9.59. The van der Waals surface area contributed by atoms with Gasteiger partial charge in [-0.05, 0) is 31.4 Å². The average Bonchev–Trinajstić information content (AvgIpc) is 3.29. The number of piperidine rings is 1. The number of halogens is 3. The zero-order chi connectivity index (χ0) is 22.5. The van der Waals surface area contributed by atoms with Gasteiger partial charge in [0.2, 0.25) is 0 Å². The third-order valence-electron chi connectivity index (χ3n) is 5.57. The highest BCUT2D eigenvalue weighted by Crippen LogP contribution is 2.37. The summed E-state index contributed by atoms with van der Waals surface area (Å²) < 4.78 is 43.3. The molecule has 3 aromatic rings. The van der Waals surface area contributed by atoms with Gasteiger partial charge >= 0.3 is 11.9 Å². The first-order valence-corrected chi connectivity index (χ1v) is 9.59. The molecular weight excluding hydrogens is 417 g/mol. The van der Waals surface area contributed by atoms with Crippen molar-refractivity contribution in [3.8, 4) is 0 Å². The number of nitrogens with one attached hydrogen (secondary N) is 1. The van der Waals surface area contributed by atoms with Crippen molar-refractivity contribution in [1.82, 2.24) is 29.2 Å². The zero-order valence-electron chi connectivity index (χ0n) is 16.7. The van der Waals surface area contributed by atoms with E-state index in [-0.39, 0.29) is 17.0 Å². The highest BCUT2D eigenvalue weighted by molar-refractivity contribution is 5.92. The van der Waals surface area contributed by atoms with Crippen molar-refractivity contribution in [1.29, 1.82) is 0 Å². The Labute approximate surface area is 173 Å². The highest BCUT2D eigenvalue weighted by atomic mass is 19.4. The van der Waals surface area contributed by atoms with Crippen molar-refractivity contribution in [2.75, 3.05) is 6.54 Å². The van der Waals surface area contributed by atoms with Crippen LogP contribution in [0, 0.1) is 0 Å². The van der Waals surface area contributed by atoms with Crippen LogP contribution in [-0.2, 0) is 20.3 Å². The molecule has 1 atom stereocenters. The molecule has 0 aliphatic carbocycles. The van der Waals surface area contributed by atoms with Gasteiger partial charge in [-0.2, -0.15) is 18.3 Å². The monoisotopic (exact) mass is 436 g/mol. The van der Waals surface area contributed by atoms with Crippen molar-refractivity contribution in [2.45, 2.75) is 31.5 Å². The minimum absolute atomic E-state index is 0.0179. The maximum absolute atomic E-state index is 13.9. The van der Waals surface area contributed by atoms with E-state index in [9.17, 15) is 27.6 Å². The van der Waals surface area contributed by atoms with Crippen molar-refractivity contribution in [3.05, 3.63) is 56.1 Å². The smallest absolute Gasteiger partial charge is 0.329 e. The summed E-state index contributed by atoms with van der Waals surface area (Å²) in [7, 11) is 2.37. The normalized spacial score (nSPS) is 17.3. The maximum atomic E-state index is 13.9. The number of hydrogen-bond acceptors (Lipinski definition) is 5. The van der Waals surface area contributed by atoms with Crippen molar-refractivity contribution in [2.24, 2.45) is 14.1 Å². The Kier molecular flexibility index (Phi) is 4.94. The fourth-order valence-electron chi connectivity index (χ4n) is 3.98. The van der Waals surface area contributed by atoms with Crippen LogP contribution in [0.5, 0.6) is 0 Å². The molecule has 0 unspecified atom stereocenters. The summed E-state index contributed by atoms with van der Waals surface area (Å²) in [6.07, 6.45) is -1.67. The molecule has 164 valence electrons. The number of fused-ring (bicyclic) bond motifs is 1. The van der Waals surface area contributed by atoms with Gasteiger partial charge in [-0.3, -0.25) is 23.8 Å². The average molecular weight is 436 g/mol. The first kappa shape index (κ1) is 20.8. The zero-order valence-corrected chi connectivity index (χ0v) is 16.7. The fourth-order valence-corrected chi connectivity index (χ4v) is 3.98. The van der Waals surface area contributed by atoms with Crippen LogP contribution in [0.25, 0.3) is 11.0 Å². The van der Waals surface area contributed by atoms with Crippen LogP contribution < -0.4 is 11.2 Å². The van der Waals surface area contributed by atoms with E-state index in [2.05, 4.69) is 15.2 Å². The molecule has 1 saturated heterocycles. The van der Waals surface area contributed by atoms with Gasteiger partial charge in [0.1, 0.15) is 11.3 Å². The van der Waals surface area contributed by atoms with E-state index in [4.69, 9.17) is 0 Å². The molecule has 0 bridgehead atoms. The largest absolute Gasteiger partial charge is 0.417 e. The van der Waals surface area contributed by atoms with Gasteiger partial charge in [0.15, 0.2) is 0 Å². The molecule has 1 fully saturated rings. The van der Waals surface area contributed by atoms with E-state index in [0.29, 0.717) is 30.4 Å². The minimum Gasteiger partial charge on any atom is -0.329 e. The standard InChI is InChI=1S/C19H19F3N6O3/c1-26-15-14(17(30)27(2)18(26)31)10(19(20,21)22)9-12(24-15)13-5-3-4-8-28(13)16(29)11-6-7-23-25-11/h6-7,9,13H,3-5,8H2,1-2H3,(H,23,25)/t13-/m1/s1. The number of aromatic amines is 1. The van der Waals surface area contributed by atoms with Gasteiger partial charge in [0.05, 0.1) is 22.7 Å². The number of likely N-dealkylation sites (tertiary alicyclic amines) is 1. The molecule has 0 saturated carbocycles. The minimum atomic E-state index is -4.85. The summed E-state index contributed by atoms with van der Waals surface area (Å²) in [5, 5.41) is 5.64. The Morgan fingerprint density at radius 3 is 2.58 bits per heavy atom. The summed E-state index contributed by atoms with van der Waals surface area (Å²) in [6, 6.07) is 1.56. The lowest BCUT2D eigenvalue weighted by Crippen LogP contribution is -2.40. The number of hydrogen-bond donors (Lipinski definition) is 1. The van der Waals surface area contributed by atoms with E-state index in [0.717, 1.165) is 17.7 Å². The van der Waals surface area contributed by atoms with E-state index in [1.54, 1.807) is 0 Å². The second-order valence-corrected chi connectivity index (χ2v) is 7.48. The van der Waals surface area contributed by atoms with Crippen molar-refractivity contribution < 1.29 is 18.0 Å². The predicted octanol–water partition coefficient (Wildman–Crippen LogP) is 1.74. The van der Waals surface area contributed by atoms with Gasteiger partial charge < -0.3 is 4.90 Å². The fraction of sp³-hybridized carbons (Fsp3) is 0.421. The second kappa shape index (κ2) is 7.36. The molecule has 1 aliphatic rings. The molecule has 0 spiro atoms. The van der Waals surface area contributed by atoms with Crippen molar-refractivity contribution in [3.63, 3.8) is 0 Å². The lowest BCUT2D eigenvalue weighted by atomic mass is 9.96. The lowest BCUT2D eigenvalue weighted by molar-refractivity contribution is -0.136. The molecule has 0 aromatic carbocycles. The molecule has 1 aliphatic heterocycles. The number of carbonyl (C=O) groups is 1. The number of rotatable bonds is 2. The summed E-state index contributed by atoms with van der Waals surface area (Å²) in [6.45, 7) is 0.332. The molecule has 12 heteroatoms. The molecule has 3 aromatic heterocycles. The van der Waals surface area contributed by atoms with Gasteiger partial charge in [-0.15, -0.1) is 0 Å². The van der Waals surface area contributed by atoms with Crippen LogP contribution in [0.4, 0.5) is 13.2 Å². The Morgan fingerprint density at radius 1 is 1.19 bits per heavy atom. The number of carbonyl (C=O) groups excluding carboxylic acids is 1. The molecule has 1 amide bonds. The molecular formula is C19H19F3N6O3. The molecule has 31 heavy (non-hydrogen) atoms. The first-order chi connectivity index (χ1) is 14.6. The Hall–Kier alpha value is -3.44. The Balaban J connectivity index is 1.96. The Morgan fingerprint density at radius 2 is 1.94 bits per heavy atom. The highest BCUT2D eigenvalue weighted by Gasteiger charge is 2.38. The van der Waals surface area contributed by atoms with Crippen LogP contribution in [0.15, 0.2) is 27.9 Å². The number of aryl methyl sites for hydroxylation is 1. The number of amides is 1. The molecule has 9 nitrogen and oxygen atoms in total. The topological polar surface area (TPSA) is 106 Å². The number of aromatic nitrogens is 5. The third-order valence-corrected chi connectivity index (χ3v) is 5.57. The summed E-state index contributed by atoms with van der Waals surface area (Å²) >= 11 is 0. The summed E-state index contributed by atoms with van der Waals surface area (Å²) in [5.41, 5.74) is -3.20. The Bertz CT molecular complexity index is 1280. The van der Waals surface area contributed by atoms with Crippen LogP contribution in [-0.4, -0.2) is 41.7 Å². The van der Waals surface area contributed by atoms with Crippen LogP contribution >= 0.6 is 0 Å². The maximum Gasteiger partial charge on any atom is 0.417 e.